The summed E-state index contributed by atoms with van der Waals surface area (Å²) in [4.78, 5) is 0.696. The largest absolute Gasteiger partial charge is 0.219 e. The third-order valence-electron chi connectivity index (χ3n) is 2.83. The summed E-state index contributed by atoms with van der Waals surface area (Å²) in [6.45, 7) is 2.11. The molecule has 0 spiro atoms. The predicted octanol–water partition coefficient (Wildman–Crippen LogP) is 3.47. The molecule has 0 heterocycles. The molecule has 0 bridgehead atoms. The van der Waals surface area contributed by atoms with Gasteiger partial charge >= 0.3 is 0 Å². The van der Waals surface area contributed by atoms with Gasteiger partial charge in [-0.3, -0.25) is 0 Å². The van der Waals surface area contributed by atoms with Crippen molar-refractivity contribution in [1.82, 2.24) is 0 Å². The van der Waals surface area contributed by atoms with E-state index in [1.165, 1.54) is 5.56 Å². The van der Waals surface area contributed by atoms with Crippen LogP contribution in [0.3, 0.4) is 0 Å². The number of rotatable bonds is 4. The third-order valence-corrected chi connectivity index (χ3v) is 4.61. The van der Waals surface area contributed by atoms with E-state index in [0.717, 1.165) is 12.8 Å². The average Bonchev–Trinajstić information content (AvgIpc) is 2.41. The normalized spacial score (nSPS) is 11.4. The van der Waals surface area contributed by atoms with Crippen LogP contribution in [0.25, 0.3) is 0 Å². The van der Waals surface area contributed by atoms with Crippen molar-refractivity contribution in [2.24, 2.45) is 0 Å². The first kappa shape index (κ1) is 12.8. The lowest BCUT2D eigenvalue weighted by Crippen LogP contribution is -2.01. The molecule has 18 heavy (non-hydrogen) atoms. The monoisotopic (exact) mass is 260 g/mol. The highest BCUT2D eigenvalue weighted by molar-refractivity contribution is 7.91. The molecule has 2 nitrogen and oxygen atoms in total. The molecule has 0 amide bonds. The molecule has 0 aliphatic carbocycles. The van der Waals surface area contributed by atoms with Crippen LogP contribution in [-0.4, -0.2) is 8.42 Å². The van der Waals surface area contributed by atoms with Crippen molar-refractivity contribution in [3.63, 3.8) is 0 Å². The predicted molar refractivity (Wildman–Crippen MR) is 72.3 cm³/mol. The quantitative estimate of drug-likeness (QED) is 0.843. The maximum Gasteiger partial charge on any atom is 0.206 e. The summed E-state index contributed by atoms with van der Waals surface area (Å²) in [7, 11) is -3.37. The lowest BCUT2D eigenvalue weighted by atomic mass is 10.1. The van der Waals surface area contributed by atoms with E-state index in [9.17, 15) is 8.42 Å². The molecule has 0 saturated heterocycles. The molecule has 0 N–H and O–H groups in total. The summed E-state index contributed by atoms with van der Waals surface area (Å²) in [5, 5.41) is 0. The molecule has 94 valence electrons. The first-order valence-corrected chi connectivity index (χ1v) is 7.52. The van der Waals surface area contributed by atoms with E-state index in [1.54, 1.807) is 36.4 Å². The Morgan fingerprint density at radius 2 is 1.39 bits per heavy atom. The first-order valence-electron chi connectivity index (χ1n) is 6.03. The fourth-order valence-electron chi connectivity index (χ4n) is 1.86. The SMILES string of the molecule is CCCc1ccc(S(=O)(=O)c2ccccc2)cc1. The lowest BCUT2D eigenvalue weighted by Gasteiger charge is -2.05. The maximum atomic E-state index is 12.3. The van der Waals surface area contributed by atoms with Crippen LogP contribution >= 0.6 is 0 Å². The zero-order valence-corrected chi connectivity index (χ0v) is 11.2. The fraction of sp³-hybridized carbons (Fsp3) is 0.200. The molecule has 0 saturated carbocycles. The van der Waals surface area contributed by atoms with E-state index in [-0.39, 0.29) is 0 Å². The van der Waals surface area contributed by atoms with Crippen LogP contribution in [0.15, 0.2) is 64.4 Å². The molecule has 0 aliphatic rings. The van der Waals surface area contributed by atoms with Gasteiger partial charge in [0.15, 0.2) is 0 Å². The summed E-state index contributed by atoms with van der Waals surface area (Å²) in [5.74, 6) is 0. The van der Waals surface area contributed by atoms with Gasteiger partial charge in [0.05, 0.1) is 9.79 Å². The molecule has 2 aromatic carbocycles. The minimum absolute atomic E-state index is 0.341. The van der Waals surface area contributed by atoms with Gasteiger partial charge < -0.3 is 0 Å². The van der Waals surface area contributed by atoms with Crippen molar-refractivity contribution in [2.45, 2.75) is 29.6 Å². The fourth-order valence-corrected chi connectivity index (χ4v) is 3.14. The van der Waals surface area contributed by atoms with Gasteiger partial charge in [-0.2, -0.15) is 0 Å². The van der Waals surface area contributed by atoms with Crippen molar-refractivity contribution in [1.29, 1.82) is 0 Å². The van der Waals surface area contributed by atoms with Crippen molar-refractivity contribution >= 4 is 9.84 Å². The van der Waals surface area contributed by atoms with Gasteiger partial charge in [-0.05, 0) is 36.2 Å². The molecule has 0 fully saturated rings. The Kier molecular flexibility index (Phi) is 3.82. The zero-order chi connectivity index (χ0) is 13.0. The Morgan fingerprint density at radius 1 is 0.833 bits per heavy atom. The summed E-state index contributed by atoms with van der Waals surface area (Å²) in [6.07, 6.45) is 2.04. The van der Waals surface area contributed by atoms with Gasteiger partial charge in [0, 0.05) is 0 Å². The summed E-state index contributed by atoms with van der Waals surface area (Å²) >= 11 is 0. The van der Waals surface area contributed by atoms with E-state index >= 15 is 0 Å². The highest BCUT2D eigenvalue weighted by atomic mass is 32.2. The van der Waals surface area contributed by atoms with E-state index in [1.807, 2.05) is 18.2 Å². The molecule has 2 rings (SSSR count). The highest BCUT2D eigenvalue weighted by Crippen LogP contribution is 2.20. The van der Waals surface area contributed by atoms with Gasteiger partial charge in [0.25, 0.3) is 0 Å². The van der Waals surface area contributed by atoms with Crippen molar-refractivity contribution in [3.05, 3.63) is 60.2 Å². The van der Waals surface area contributed by atoms with E-state index in [2.05, 4.69) is 6.92 Å². The van der Waals surface area contributed by atoms with Gasteiger partial charge in [-0.1, -0.05) is 43.7 Å². The Bertz CT molecular complexity index is 599. The molecular weight excluding hydrogens is 244 g/mol. The van der Waals surface area contributed by atoms with Gasteiger partial charge in [0.2, 0.25) is 9.84 Å². The van der Waals surface area contributed by atoms with Crippen LogP contribution in [0.4, 0.5) is 0 Å². The molecule has 0 aliphatic heterocycles. The maximum absolute atomic E-state index is 12.3. The van der Waals surface area contributed by atoms with Crippen LogP contribution in [0.5, 0.6) is 0 Å². The van der Waals surface area contributed by atoms with Crippen molar-refractivity contribution in [2.75, 3.05) is 0 Å². The minimum atomic E-state index is -3.37. The number of hydrogen-bond acceptors (Lipinski definition) is 2. The molecule has 0 aromatic heterocycles. The first-order chi connectivity index (χ1) is 8.64. The van der Waals surface area contributed by atoms with Crippen molar-refractivity contribution < 1.29 is 8.42 Å². The summed E-state index contributed by atoms with van der Waals surface area (Å²) in [5.41, 5.74) is 1.17. The van der Waals surface area contributed by atoms with Crippen LogP contribution in [0.1, 0.15) is 18.9 Å². The topological polar surface area (TPSA) is 34.1 Å². The average molecular weight is 260 g/mol. The third kappa shape index (κ3) is 2.62. The Morgan fingerprint density at radius 3 is 1.94 bits per heavy atom. The van der Waals surface area contributed by atoms with E-state index < -0.39 is 9.84 Å². The molecule has 0 radical (unpaired) electrons. The Labute approximate surface area is 108 Å². The lowest BCUT2D eigenvalue weighted by molar-refractivity contribution is 0.596. The summed E-state index contributed by atoms with van der Waals surface area (Å²) < 4.78 is 24.6. The van der Waals surface area contributed by atoms with Gasteiger partial charge in [-0.25, -0.2) is 8.42 Å². The molecule has 2 aromatic rings. The summed E-state index contributed by atoms with van der Waals surface area (Å²) in [6, 6.07) is 15.7. The van der Waals surface area contributed by atoms with Crippen LogP contribution < -0.4 is 0 Å². The Balaban J connectivity index is 2.36. The zero-order valence-electron chi connectivity index (χ0n) is 10.3. The van der Waals surface area contributed by atoms with Crippen LogP contribution in [-0.2, 0) is 16.3 Å². The van der Waals surface area contributed by atoms with E-state index in [0.29, 0.717) is 9.79 Å². The van der Waals surface area contributed by atoms with Crippen LogP contribution in [0, 0.1) is 0 Å². The molecule has 0 atom stereocenters. The number of benzene rings is 2. The second-order valence-electron chi connectivity index (χ2n) is 4.21. The number of hydrogen-bond donors (Lipinski definition) is 0. The molecular formula is C15H16O2S. The van der Waals surface area contributed by atoms with E-state index in [4.69, 9.17) is 0 Å². The Hall–Kier alpha value is -1.61. The van der Waals surface area contributed by atoms with Crippen molar-refractivity contribution in [3.8, 4) is 0 Å². The second-order valence-corrected chi connectivity index (χ2v) is 6.16. The number of aryl methyl sites for hydroxylation is 1. The smallest absolute Gasteiger partial charge is 0.206 e. The highest BCUT2D eigenvalue weighted by Gasteiger charge is 2.16. The standard InChI is InChI=1S/C15H16O2S/c1-2-6-13-9-11-15(12-10-13)18(16,17)14-7-4-3-5-8-14/h3-5,7-12H,2,6H2,1H3. The van der Waals surface area contributed by atoms with Crippen LogP contribution in [0.2, 0.25) is 0 Å². The van der Waals surface area contributed by atoms with Gasteiger partial charge in [-0.15, -0.1) is 0 Å². The minimum Gasteiger partial charge on any atom is -0.219 e. The molecule has 3 heteroatoms. The number of sulfone groups is 1. The second kappa shape index (κ2) is 5.36. The van der Waals surface area contributed by atoms with Gasteiger partial charge in [0.1, 0.15) is 0 Å². The molecule has 0 unspecified atom stereocenters.